The summed E-state index contributed by atoms with van der Waals surface area (Å²) in [5, 5.41) is 0. The number of rotatable bonds is 2. The van der Waals surface area contributed by atoms with Gasteiger partial charge in [-0.15, -0.1) is 0 Å². The molecule has 0 aliphatic rings. The Morgan fingerprint density at radius 3 is 1.50 bits per heavy atom. The zero-order valence-corrected chi connectivity index (χ0v) is 15.1. The van der Waals surface area contributed by atoms with Crippen molar-refractivity contribution < 1.29 is 8.78 Å². The largest absolute Gasteiger partial charge is 0.324 e. The fraction of sp³-hybridized carbons (Fsp3) is 0.143. The van der Waals surface area contributed by atoms with Gasteiger partial charge < -0.3 is 10.9 Å². The topological polar surface area (TPSA) is 76.1 Å². The number of hydrazine groups is 2. The van der Waals surface area contributed by atoms with Crippen LogP contribution in [0, 0.1) is 25.5 Å². The van der Waals surface area contributed by atoms with Crippen molar-refractivity contribution in [3.05, 3.63) is 56.0 Å². The van der Waals surface area contributed by atoms with E-state index >= 15 is 0 Å². The van der Waals surface area contributed by atoms with E-state index < -0.39 is 11.6 Å². The fourth-order valence-corrected chi connectivity index (χ4v) is 2.64. The Hall–Kier alpha value is -1.22. The van der Waals surface area contributed by atoms with Crippen LogP contribution in [-0.2, 0) is 0 Å². The average molecular weight is 438 g/mol. The molecule has 0 spiro atoms. The molecule has 0 bridgehead atoms. The third-order valence-electron chi connectivity index (χ3n) is 2.90. The average Bonchev–Trinajstić information content (AvgIpc) is 2.49. The highest BCUT2D eigenvalue weighted by Gasteiger charge is 2.05. The molecule has 22 heavy (non-hydrogen) atoms. The van der Waals surface area contributed by atoms with E-state index in [4.69, 9.17) is 11.7 Å². The summed E-state index contributed by atoms with van der Waals surface area (Å²) in [5.41, 5.74) is 7.02. The monoisotopic (exact) mass is 436 g/mol. The van der Waals surface area contributed by atoms with Crippen LogP contribution in [0.4, 0.5) is 20.2 Å². The highest BCUT2D eigenvalue weighted by Crippen LogP contribution is 2.28. The van der Waals surface area contributed by atoms with Crippen molar-refractivity contribution in [1.29, 1.82) is 0 Å². The Labute approximate surface area is 144 Å². The van der Waals surface area contributed by atoms with Gasteiger partial charge in [0.25, 0.3) is 0 Å². The molecule has 0 heterocycles. The molecule has 0 unspecified atom stereocenters. The Morgan fingerprint density at radius 2 is 1.14 bits per heavy atom. The number of hydrogen-bond acceptors (Lipinski definition) is 4. The van der Waals surface area contributed by atoms with Crippen molar-refractivity contribution in [3.63, 3.8) is 0 Å². The second kappa shape index (κ2) is 8.42. The molecule has 2 aromatic carbocycles. The van der Waals surface area contributed by atoms with Crippen LogP contribution < -0.4 is 22.5 Å². The van der Waals surface area contributed by atoms with Gasteiger partial charge in [-0.2, -0.15) is 0 Å². The van der Waals surface area contributed by atoms with E-state index in [9.17, 15) is 8.78 Å². The van der Waals surface area contributed by atoms with Gasteiger partial charge in [-0.1, -0.05) is 31.9 Å². The first kappa shape index (κ1) is 18.8. The molecule has 0 radical (unpaired) electrons. The molecule has 8 heteroatoms. The van der Waals surface area contributed by atoms with Gasteiger partial charge in [0, 0.05) is 14.5 Å². The van der Waals surface area contributed by atoms with Crippen LogP contribution in [0.3, 0.4) is 0 Å². The van der Waals surface area contributed by atoms with Crippen LogP contribution >= 0.6 is 31.9 Å². The summed E-state index contributed by atoms with van der Waals surface area (Å²) in [6.45, 7) is 3.39. The molecule has 0 aliphatic carbocycles. The lowest BCUT2D eigenvalue weighted by Crippen LogP contribution is -2.07. The third kappa shape index (κ3) is 4.91. The number of nitrogens with two attached hydrogens (primary N) is 2. The summed E-state index contributed by atoms with van der Waals surface area (Å²) in [6, 6.07) is 6.14. The maximum Gasteiger partial charge on any atom is 0.131 e. The third-order valence-corrected chi connectivity index (χ3v) is 4.54. The van der Waals surface area contributed by atoms with Gasteiger partial charge in [-0.05, 0) is 43.7 Å². The molecule has 0 saturated heterocycles. The van der Waals surface area contributed by atoms with Crippen molar-refractivity contribution in [2.75, 3.05) is 10.9 Å². The molecule has 0 atom stereocenters. The normalized spacial score (nSPS) is 9.82. The first-order chi connectivity index (χ1) is 10.3. The SMILES string of the molecule is Cc1c(Br)cc(NN)cc1Br.Cc1c(F)cc(NN)cc1F. The number of halogens is 4. The van der Waals surface area contributed by atoms with Crippen molar-refractivity contribution in [2.24, 2.45) is 11.7 Å². The lowest BCUT2D eigenvalue weighted by atomic mass is 10.2. The van der Waals surface area contributed by atoms with Crippen LogP contribution in [0.5, 0.6) is 0 Å². The van der Waals surface area contributed by atoms with E-state index in [1.807, 2.05) is 19.1 Å². The zero-order chi connectivity index (χ0) is 16.9. The molecule has 4 nitrogen and oxygen atoms in total. The predicted molar refractivity (Wildman–Crippen MR) is 93.3 cm³/mol. The Morgan fingerprint density at radius 1 is 0.773 bits per heavy atom. The highest BCUT2D eigenvalue weighted by atomic mass is 79.9. The molecule has 2 aromatic rings. The Bertz CT molecular complexity index is 562. The summed E-state index contributed by atoms with van der Waals surface area (Å²) in [5.74, 6) is 9.00. The lowest BCUT2D eigenvalue weighted by Gasteiger charge is -2.05. The van der Waals surface area contributed by atoms with Gasteiger partial charge in [-0.25, -0.2) is 8.78 Å². The standard InChI is InChI=1S/C7H8Br2N2.C7H8F2N2/c2*1-4-6(8)2-5(11-10)3-7(4)9/h2*2-3,11H,10H2,1H3. The molecule has 0 fully saturated rings. The minimum absolute atomic E-state index is 0.00370. The van der Waals surface area contributed by atoms with Crippen molar-refractivity contribution in [1.82, 2.24) is 0 Å². The van der Waals surface area contributed by atoms with Crippen LogP contribution in [0.15, 0.2) is 33.2 Å². The molecule has 0 amide bonds. The lowest BCUT2D eigenvalue weighted by molar-refractivity contribution is 0.569. The minimum Gasteiger partial charge on any atom is -0.324 e. The van der Waals surface area contributed by atoms with Crippen molar-refractivity contribution >= 4 is 43.2 Å². The fourth-order valence-electron chi connectivity index (χ4n) is 1.46. The summed E-state index contributed by atoms with van der Waals surface area (Å²) in [7, 11) is 0. The van der Waals surface area contributed by atoms with Crippen molar-refractivity contribution in [2.45, 2.75) is 13.8 Å². The first-order valence-corrected chi connectivity index (χ1v) is 7.73. The Kier molecular flexibility index (Phi) is 7.21. The molecule has 120 valence electrons. The van der Waals surface area contributed by atoms with Crippen LogP contribution in [0.2, 0.25) is 0 Å². The van der Waals surface area contributed by atoms with Gasteiger partial charge in [0.1, 0.15) is 11.6 Å². The predicted octanol–water partition coefficient (Wildman–Crippen LogP) is 4.36. The zero-order valence-electron chi connectivity index (χ0n) is 12.0. The number of nitrogens with one attached hydrogen (secondary N) is 2. The van der Waals surface area contributed by atoms with Crippen LogP contribution in [-0.4, -0.2) is 0 Å². The molecule has 2 rings (SSSR count). The van der Waals surface area contributed by atoms with Gasteiger partial charge in [-0.3, -0.25) is 11.7 Å². The van der Waals surface area contributed by atoms with Crippen LogP contribution in [0.25, 0.3) is 0 Å². The van der Waals surface area contributed by atoms with Gasteiger partial charge >= 0.3 is 0 Å². The van der Waals surface area contributed by atoms with E-state index in [0.29, 0.717) is 0 Å². The smallest absolute Gasteiger partial charge is 0.131 e. The molecule has 0 aliphatic heterocycles. The number of anilines is 2. The van der Waals surface area contributed by atoms with Crippen LogP contribution in [0.1, 0.15) is 11.1 Å². The first-order valence-electron chi connectivity index (χ1n) is 6.14. The maximum absolute atomic E-state index is 12.7. The number of benzene rings is 2. The summed E-state index contributed by atoms with van der Waals surface area (Å²) in [4.78, 5) is 0. The molecular weight excluding hydrogens is 422 g/mol. The molecule has 0 aromatic heterocycles. The maximum atomic E-state index is 12.7. The van der Waals surface area contributed by atoms with Gasteiger partial charge in [0.15, 0.2) is 0 Å². The molecule has 0 saturated carbocycles. The highest BCUT2D eigenvalue weighted by molar-refractivity contribution is 9.11. The van der Waals surface area contributed by atoms with E-state index in [1.165, 1.54) is 12.5 Å². The van der Waals surface area contributed by atoms with E-state index in [0.717, 1.165) is 26.8 Å². The summed E-state index contributed by atoms with van der Waals surface area (Å²) >= 11 is 6.82. The second-order valence-corrected chi connectivity index (χ2v) is 6.13. The van der Waals surface area contributed by atoms with E-state index in [-0.39, 0.29) is 11.3 Å². The second-order valence-electron chi connectivity index (χ2n) is 4.42. The molecule has 6 N–H and O–H groups in total. The Balaban J connectivity index is 0.000000220. The summed E-state index contributed by atoms with van der Waals surface area (Å²) in [6.07, 6.45) is 0. The number of hydrogen-bond donors (Lipinski definition) is 4. The van der Waals surface area contributed by atoms with E-state index in [2.05, 4.69) is 42.7 Å². The van der Waals surface area contributed by atoms with E-state index in [1.54, 1.807) is 0 Å². The van der Waals surface area contributed by atoms with Gasteiger partial charge in [0.2, 0.25) is 0 Å². The molecular formula is C14H16Br2F2N4. The number of nitrogen functional groups attached to an aromatic ring is 2. The minimum atomic E-state index is -0.599. The van der Waals surface area contributed by atoms with Gasteiger partial charge in [0.05, 0.1) is 11.4 Å². The van der Waals surface area contributed by atoms with Crippen molar-refractivity contribution in [3.8, 4) is 0 Å². The summed E-state index contributed by atoms with van der Waals surface area (Å²) < 4.78 is 27.5. The quantitative estimate of drug-likeness (QED) is 0.415.